The number of carbonyl (C=O) groups is 3. The van der Waals surface area contributed by atoms with Crippen molar-refractivity contribution >= 4 is 18.0 Å². The fourth-order valence-electron chi connectivity index (χ4n) is 5.27. The van der Waals surface area contributed by atoms with Crippen LogP contribution in [0.25, 0.3) is 11.1 Å². The molecule has 7 heteroatoms. The molecule has 0 heterocycles. The molecular formula is C27H32N2O5. The topological polar surface area (TPSA) is 105 Å². The second-order valence-corrected chi connectivity index (χ2v) is 9.60. The van der Waals surface area contributed by atoms with E-state index in [0.29, 0.717) is 0 Å². The van der Waals surface area contributed by atoms with Gasteiger partial charge < -0.3 is 20.5 Å². The number of alkyl carbamates (subject to hydrolysis) is 1. The second kappa shape index (κ2) is 10.3. The minimum absolute atomic E-state index is 0.0388. The molecule has 0 spiro atoms. The Morgan fingerprint density at radius 2 is 1.62 bits per heavy atom. The third kappa shape index (κ3) is 5.08. The zero-order valence-corrected chi connectivity index (χ0v) is 19.6. The summed E-state index contributed by atoms with van der Waals surface area (Å²) in [6.07, 6.45) is 1.82. The summed E-state index contributed by atoms with van der Waals surface area (Å²) in [5.41, 5.74) is 4.55. The predicted molar refractivity (Wildman–Crippen MR) is 128 cm³/mol. The average molecular weight is 465 g/mol. The fourth-order valence-corrected chi connectivity index (χ4v) is 5.27. The molecule has 7 nitrogen and oxygen atoms in total. The Balaban J connectivity index is 1.37. The molecule has 0 unspecified atom stereocenters. The van der Waals surface area contributed by atoms with Crippen LogP contribution in [0.4, 0.5) is 4.79 Å². The number of rotatable bonds is 8. The van der Waals surface area contributed by atoms with Crippen LogP contribution < -0.4 is 10.6 Å². The first-order chi connectivity index (χ1) is 16.3. The van der Waals surface area contributed by atoms with Gasteiger partial charge in [-0.2, -0.15) is 0 Å². The Bertz CT molecular complexity index is 1020. The quantitative estimate of drug-likeness (QED) is 0.540. The Hall–Kier alpha value is -3.35. The van der Waals surface area contributed by atoms with Crippen molar-refractivity contribution in [2.24, 2.45) is 11.8 Å². The van der Waals surface area contributed by atoms with E-state index < -0.39 is 18.1 Å². The maximum absolute atomic E-state index is 13.0. The monoisotopic (exact) mass is 464 g/mol. The number of hydrogen-bond donors (Lipinski definition) is 3. The molecule has 180 valence electrons. The van der Waals surface area contributed by atoms with Crippen LogP contribution >= 0.6 is 0 Å². The molecule has 3 atom stereocenters. The van der Waals surface area contributed by atoms with E-state index in [-0.39, 0.29) is 42.7 Å². The molecule has 3 N–H and O–H groups in total. The van der Waals surface area contributed by atoms with Gasteiger partial charge in [0.1, 0.15) is 12.6 Å². The van der Waals surface area contributed by atoms with Gasteiger partial charge in [-0.05, 0) is 46.9 Å². The molecule has 34 heavy (non-hydrogen) atoms. The molecular weight excluding hydrogens is 432 g/mol. The molecule has 2 amide bonds. The highest BCUT2D eigenvalue weighted by molar-refractivity contribution is 5.86. The first kappa shape index (κ1) is 23.8. The third-order valence-electron chi connectivity index (χ3n) is 6.99. The summed E-state index contributed by atoms with van der Waals surface area (Å²) in [6.45, 7) is 3.89. The molecule has 4 rings (SSSR count). The van der Waals surface area contributed by atoms with Crippen molar-refractivity contribution in [1.29, 1.82) is 0 Å². The first-order valence-electron chi connectivity index (χ1n) is 12.0. The summed E-state index contributed by atoms with van der Waals surface area (Å²) in [4.78, 5) is 36.8. The highest BCUT2D eigenvalue weighted by atomic mass is 16.5. The van der Waals surface area contributed by atoms with Crippen molar-refractivity contribution < 1.29 is 24.2 Å². The molecule has 2 aromatic rings. The van der Waals surface area contributed by atoms with Crippen molar-refractivity contribution in [2.75, 3.05) is 6.61 Å². The number of amides is 2. The van der Waals surface area contributed by atoms with Gasteiger partial charge in [0.25, 0.3) is 0 Å². The number of carboxylic acid groups (broad SMARTS) is 1. The molecule has 0 aliphatic heterocycles. The van der Waals surface area contributed by atoms with E-state index in [9.17, 15) is 14.4 Å². The highest BCUT2D eigenvalue weighted by Crippen LogP contribution is 2.44. The van der Waals surface area contributed by atoms with E-state index >= 15 is 0 Å². The van der Waals surface area contributed by atoms with Crippen LogP contribution in [0.3, 0.4) is 0 Å². The Morgan fingerprint density at radius 1 is 1.00 bits per heavy atom. The van der Waals surface area contributed by atoms with Crippen molar-refractivity contribution in [3.8, 4) is 11.1 Å². The fraction of sp³-hybridized carbons (Fsp3) is 0.444. The zero-order valence-electron chi connectivity index (χ0n) is 19.6. The molecule has 2 aliphatic rings. The van der Waals surface area contributed by atoms with E-state index in [1.165, 1.54) is 0 Å². The number of hydrogen-bond acceptors (Lipinski definition) is 4. The van der Waals surface area contributed by atoms with Crippen LogP contribution in [0, 0.1) is 11.8 Å². The number of nitrogens with one attached hydrogen (secondary N) is 2. The molecule has 0 radical (unpaired) electrons. The minimum Gasteiger partial charge on any atom is -0.481 e. The number of ether oxygens (including phenoxy) is 1. The van der Waals surface area contributed by atoms with E-state index in [2.05, 4.69) is 34.9 Å². The van der Waals surface area contributed by atoms with Crippen LogP contribution in [0.5, 0.6) is 0 Å². The average Bonchev–Trinajstić information content (AvgIpc) is 3.37. The second-order valence-electron chi connectivity index (χ2n) is 9.60. The standard InChI is InChI=1S/C27H32N2O5/c1-16(2)25(26(32)28-23-13-7-8-17(23)14-24(30)31)29-27(33)34-15-22-20-11-5-3-9-18(20)19-10-4-6-12-21(19)22/h3-6,9-12,16-17,22-23,25H,7-8,13-15H2,1-2H3,(H,28,32)(H,29,33)(H,30,31)/t17-,23+,25-/m0/s1. The SMILES string of the molecule is CC(C)[C@H](NC(=O)OCC1c2ccccc2-c2ccccc21)C(=O)N[C@@H]1CCC[C@H]1CC(=O)O. The Labute approximate surface area is 199 Å². The zero-order chi connectivity index (χ0) is 24.2. The summed E-state index contributed by atoms with van der Waals surface area (Å²) < 4.78 is 5.61. The minimum atomic E-state index is -0.858. The lowest BCUT2D eigenvalue weighted by Gasteiger charge is -2.26. The number of benzene rings is 2. The lowest BCUT2D eigenvalue weighted by molar-refractivity contribution is -0.138. The van der Waals surface area contributed by atoms with Gasteiger partial charge in [-0.3, -0.25) is 9.59 Å². The molecule has 1 fully saturated rings. The van der Waals surface area contributed by atoms with Gasteiger partial charge in [0, 0.05) is 12.0 Å². The number of carbonyl (C=O) groups excluding carboxylic acids is 2. The van der Waals surface area contributed by atoms with E-state index in [1.54, 1.807) is 0 Å². The molecule has 0 saturated heterocycles. The normalized spacial score (nSPS) is 19.9. The maximum atomic E-state index is 13.0. The van der Waals surface area contributed by atoms with Crippen LogP contribution in [-0.4, -0.2) is 41.8 Å². The van der Waals surface area contributed by atoms with Gasteiger partial charge in [0.05, 0.1) is 6.42 Å². The summed E-state index contributed by atoms with van der Waals surface area (Å²) in [5.74, 6) is -1.45. The summed E-state index contributed by atoms with van der Waals surface area (Å²) in [6, 6.07) is 15.3. The highest BCUT2D eigenvalue weighted by Gasteiger charge is 2.34. The summed E-state index contributed by atoms with van der Waals surface area (Å²) in [5, 5.41) is 14.8. The molecule has 2 aromatic carbocycles. The number of carboxylic acids is 1. The Morgan fingerprint density at radius 3 is 2.21 bits per heavy atom. The van der Waals surface area contributed by atoms with E-state index in [4.69, 9.17) is 9.84 Å². The van der Waals surface area contributed by atoms with Gasteiger partial charge >= 0.3 is 12.1 Å². The molecule has 1 saturated carbocycles. The van der Waals surface area contributed by atoms with Gasteiger partial charge in [-0.1, -0.05) is 68.8 Å². The molecule has 0 aromatic heterocycles. The van der Waals surface area contributed by atoms with Crippen LogP contribution in [-0.2, 0) is 14.3 Å². The van der Waals surface area contributed by atoms with Crippen LogP contribution in [0.1, 0.15) is 56.6 Å². The van der Waals surface area contributed by atoms with E-state index in [0.717, 1.165) is 41.5 Å². The van der Waals surface area contributed by atoms with Gasteiger partial charge in [-0.25, -0.2) is 4.79 Å². The molecule has 0 bridgehead atoms. The van der Waals surface area contributed by atoms with Crippen molar-refractivity contribution in [3.05, 3.63) is 59.7 Å². The summed E-state index contributed by atoms with van der Waals surface area (Å²) >= 11 is 0. The van der Waals surface area contributed by atoms with E-state index in [1.807, 2.05) is 38.1 Å². The smallest absolute Gasteiger partial charge is 0.407 e. The summed E-state index contributed by atoms with van der Waals surface area (Å²) in [7, 11) is 0. The van der Waals surface area contributed by atoms with Gasteiger partial charge in [0.15, 0.2) is 0 Å². The van der Waals surface area contributed by atoms with Crippen molar-refractivity contribution in [1.82, 2.24) is 10.6 Å². The lowest BCUT2D eigenvalue weighted by atomic mass is 9.98. The van der Waals surface area contributed by atoms with Crippen LogP contribution in [0.15, 0.2) is 48.5 Å². The Kier molecular flexibility index (Phi) is 7.20. The third-order valence-corrected chi connectivity index (χ3v) is 6.99. The largest absolute Gasteiger partial charge is 0.481 e. The maximum Gasteiger partial charge on any atom is 0.407 e. The molecule has 2 aliphatic carbocycles. The van der Waals surface area contributed by atoms with Crippen molar-refractivity contribution in [3.63, 3.8) is 0 Å². The first-order valence-corrected chi connectivity index (χ1v) is 12.0. The lowest BCUT2D eigenvalue weighted by Crippen LogP contribution is -2.53. The predicted octanol–water partition coefficient (Wildman–Crippen LogP) is 4.31. The van der Waals surface area contributed by atoms with Crippen LogP contribution in [0.2, 0.25) is 0 Å². The van der Waals surface area contributed by atoms with Gasteiger partial charge in [-0.15, -0.1) is 0 Å². The number of fused-ring (bicyclic) bond motifs is 3. The van der Waals surface area contributed by atoms with Gasteiger partial charge in [0.2, 0.25) is 5.91 Å². The van der Waals surface area contributed by atoms with Crippen molar-refractivity contribution in [2.45, 2.75) is 57.5 Å². The number of aliphatic carboxylic acids is 1.